The summed E-state index contributed by atoms with van der Waals surface area (Å²) in [5.74, 6) is -0.359. The SMILES string of the molecule is Cc1ccc(Cl)cc1N([C@H](C)C(=O)NCc1ccccc1CN1CCCCC1)S(C)(=O)=O. The van der Waals surface area contributed by atoms with Crippen LogP contribution in [0.2, 0.25) is 5.02 Å². The molecule has 3 rings (SSSR count). The second-order valence-corrected chi connectivity index (χ2v) is 10.8. The third-order valence-corrected chi connectivity index (χ3v) is 7.37. The van der Waals surface area contributed by atoms with Gasteiger partial charge in [0.05, 0.1) is 11.9 Å². The summed E-state index contributed by atoms with van der Waals surface area (Å²) in [7, 11) is -3.70. The van der Waals surface area contributed by atoms with E-state index in [-0.39, 0.29) is 5.91 Å². The Balaban J connectivity index is 1.74. The van der Waals surface area contributed by atoms with Crippen molar-refractivity contribution in [3.63, 3.8) is 0 Å². The number of piperidine rings is 1. The van der Waals surface area contributed by atoms with Gasteiger partial charge in [-0.15, -0.1) is 0 Å². The van der Waals surface area contributed by atoms with E-state index in [0.29, 0.717) is 17.3 Å². The highest BCUT2D eigenvalue weighted by atomic mass is 35.5. The zero-order chi connectivity index (χ0) is 23.3. The summed E-state index contributed by atoms with van der Waals surface area (Å²) in [5, 5.41) is 3.35. The minimum absolute atomic E-state index is 0.347. The molecule has 0 unspecified atom stereocenters. The van der Waals surface area contributed by atoms with Crippen LogP contribution in [0.25, 0.3) is 0 Å². The molecule has 1 N–H and O–H groups in total. The maximum Gasteiger partial charge on any atom is 0.243 e. The number of carbonyl (C=O) groups excluding carboxylic acids is 1. The highest BCUT2D eigenvalue weighted by Crippen LogP contribution is 2.28. The molecular weight excluding hydrogens is 446 g/mol. The lowest BCUT2D eigenvalue weighted by Gasteiger charge is -2.30. The topological polar surface area (TPSA) is 69.7 Å². The molecule has 2 aromatic carbocycles. The van der Waals surface area contributed by atoms with E-state index in [9.17, 15) is 13.2 Å². The van der Waals surface area contributed by atoms with Crippen LogP contribution in [-0.4, -0.2) is 44.6 Å². The minimum Gasteiger partial charge on any atom is -0.350 e. The number of aryl methyl sites for hydroxylation is 1. The Bertz CT molecular complexity index is 1050. The van der Waals surface area contributed by atoms with Gasteiger partial charge in [-0.05, 0) is 68.6 Å². The summed E-state index contributed by atoms with van der Waals surface area (Å²) in [6, 6.07) is 12.2. The molecule has 1 heterocycles. The van der Waals surface area contributed by atoms with Crippen molar-refractivity contribution in [2.24, 2.45) is 0 Å². The molecule has 32 heavy (non-hydrogen) atoms. The van der Waals surface area contributed by atoms with E-state index < -0.39 is 16.1 Å². The zero-order valence-electron chi connectivity index (χ0n) is 19.0. The van der Waals surface area contributed by atoms with Crippen LogP contribution in [0, 0.1) is 6.92 Å². The first-order valence-electron chi connectivity index (χ1n) is 11.0. The zero-order valence-corrected chi connectivity index (χ0v) is 20.5. The third kappa shape index (κ3) is 6.24. The maximum atomic E-state index is 13.0. The Morgan fingerprint density at radius 3 is 2.44 bits per heavy atom. The molecule has 174 valence electrons. The van der Waals surface area contributed by atoms with Crippen molar-refractivity contribution in [2.75, 3.05) is 23.7 Å². The van der Waals surface area contributed by atoms with Crippen LogP contribution in [0.1, 0.15) is 42.9 Å². The summed E-state index contributed by atoms with van der Waals surface area (Å²) in [6.07, 6.45) is 4.83. The molecule has 1 fully saturated rings. The second kappa shape index (κ2) is 10.7. The van der Waals surface area contributed by atoms with Crippen molar-refractivity contribution >= 4 is 33.2 Å². The molecule has 0 radical (unpaired) electrons. The van der Waals surface area contributed by atoms with Crippen molar-refractivity contribution in [3.8, 4) is 0 Å². The molecule has 0 bridgehead atoms. The van der Waals surface area contributed by atoms with Gasteiger partial charge >= 0.3 is 0 Å². The fourth-order valence-electron chi connectivity index (χ4n) is 4.17. The molecule has 2 aromatic rings. The summed E-state index contributed by atoms with van der Waals surface area (Å²) in [5.41, 5.74) is 3.37. The Kier molecular flexibility index (Phi) is 8.20. The lowest BCUT2D eigenvalue weighted by Crippen LogP contribution is -2.48. The van der Waals surface area contributed by atoms with E-state index in [0.717, 1.165) is 41.3 Å². The highest BCUT2D eigenvalue weighted by molar-refractivity contribution is 7.92. The van der Waals surface area contributed by atoms with Crippen LogP contribution in [-0.2, 0) is 27.9 Å². The van der Waals surface area contributed by atoms with Crippen LogP contribution in [0.3, 0.4) is 0 Å². The number of likely N-dealkylation sites (tertiary alicyclic amines) is 1. The third-order valence-electron chi connectivity index (χ3n) is 5.91. The number of rotatable bonds is 8. The predicted molar refractivity (Wildman–Crippen MR) is 130 cm³/mol. The molecule has 1 atom stereocenters. The molecule has 1 amide bonds. The molecule has 1 aliphatic heterocycles. The van der Waals surface area contributed by atoms with Gasteiger partial charge in [-0.25, -0.2) is 8.42 Å². The van der Waals surface area contributed by atoms with Crippen molar-refractivity contribution in [3.05, 3.63) is 64.2 Å². The average Bonchev–Trinajstić information content (AvgIpc) is 2.75. The minimum atomic E-state index is -3.70. The number of anilines is 1. The molecule has 0 aliphatic carbocycles. The standard InChI is InChI=1S/C24H32ClN3O3S/c1-18-11-12-22(25)15-23(18)28(32(3,30)31)19(2)24(29)26-16-20-9-5-6-10-21(20)17-27-13-7-4-8-14-27/h5-6,9-12,15,19H,4,7-8,13-14,16-17H2,1-3H3,(H,26,29)/t19-/m1/s1. The monoisotopic (exact) mass is 477 g/mol. The lowest BCUT2D eigenvalue weighted by atomic mass is 10.0. The van der Waals surface area contributed by atoms with Crippen LogP contribution in [0.5, 0.6) is 0 Å². The fraction of sp³-hybridized carbons (Fsp3) is 0.458. The van der Waals surface area contributed by atoms with Gasteiger partial charge in [0, 0.05) is 18.1 Å². The number of halogens is 1. The summed E-state index contributed by atoms with van der Waals surface area (Å²) in [4.78, 5) is 15.5. The van der Waals surface area contributed by atoms with E-state index in [1.165, 1.54) is 24.8 Å². The summed E-state index contributed by atoms with van der Waals surface area (Å²) >= 11 is 6.11. The molecule has 1 aliphatic rings. The number of carbonyl (C=O) groups is 1. The first kappa shape index (κ1) is 24.6. The lowest BCUT2D eigenvalue weighted by molar-refractivity contribution is -0.122. The largest absolute Gasteiger partial charge is 0.350 e. The summed E-state index contributed by atoms with van der Waals surface area (Å²) in [6.45, 7) is 6.79. The Morgan fingerprint density at radius 1 is 1.12 bits per heavy atom. The van der Waals surface area contributed by atoms with Crippen molar-refractivity contribution in [2.45, 2.75) is 52.2 Å². The first-order chi connectivity index (χ1) is 15.2. The Labute approximate surface area is 196 Å². The van der Waals surface area contributed by atoms with E-state index >= 15 is 0 Å². The predicted octanol–water partition coefficient (Wildman–Crippen LogP) is 4.11. The first-order valence-corrected chi connectivity index (χ1v) is 13.2. The fourth-order valence-corrected chi connectivity index (χ4v) is 5.56. The van der Waals surface area contributed by atoms with Crippen molar-refractivity contribution in [1.82, 2.24) is 10.2 Å². The average molecular weight is 478 g/mol. The molecule has 6 nitrogen and oxygen atoms in total. The molecule has 0 aromatic heterocycles. The van der Waals surface area contributed by atoms with Crippen LogP contribution >= 0.6 is 11.6 Å². The summed E-state index contributed by atoms with van der Waals surface area (Å²) < 4.78 is 26.3. The smallest absolute Gasteiger partial charge is 0.243 e. The van der Waals surface area contributed by atoms with Gasteiger partial charge in [0.15, 0.2) is 0 Å². The number of hydrogen-bond donors (Lipinski definition) is 1. The van der Waals surface area contributed by atoms with Crippen LogP contribution in [0.4, 0.5) is 5.69 Å². The van der Waals surface area contributed by atoms with E-state index in [1.807, 2.05) is 18.2 Å². The molecular formula is C24H32ClN3O3S. The van der Waals surface area contributed by atoms with E-state index in [4.69, 9.17) is 11.6 Å². The van der Waals surface area contributed by atoms with Crippen LogP contribution < -0.4 is 9.62 Å². The Morgan fingerprint density at radius 2 is 1.78 bits per heavy atom. The normalized spacial score (nSPS) is 15.9. The number of nitrogens with one attached hydrogen (secondary N) is 1. The number of sulfonamides is 1. The second-order valence-electron chi connectivity index (χ2n) is 8.49. The Hall–Kier alpha value is -2.09. The number of hydrogen-bond acceptors (Lipinski definition) is 4. The van der Waals surface area contributed by atoms with Crippen molar-refractivity contribution < 1.29 is 13.2 Å². The molecule has 8 heteroatoms. The quantitative estimate of drug-likeness (QED) is 0.621. The van der Waals surface area contributed by atoms with Gasteiger partial charge in [-0.1, -0.05) is 48.4 Å². The van der Waals surface area contributed by atoms with Crippen molar-refractivity contribution in [1.29, 1.82) is 0 Å². The van der Waals surface area contributed by atoms with Gasteiger partial charge in [0.25, 0.3) is 0 Å². The molecule has 1 saturated heterocycles. The number of benzene rings is 2. The highest BCUT2D eigenvalue weighted by Gasteiger charge is 2.30. The maximum absolute atomic E-state index is 13.0. The van der Waals surface area contributed by atoms with Gasteiger partial charge in [-0.2, -0.15) is 0 Å². The molecule has 0 spiro atoms. The van der Waals surface area contributed by atoms with Crippen LogP contribution in [0.15, 0.2) is 42.5 Å². The van der Waals surface area contributed by atoms with Gasteiger partial charge < -0.3 is 5.32 Å². The van der Waals surface area contributed by atoms with Gasteiger partial charge in [0.1, 0.15) is 6.04 Å². The molecule has 0 saturated carbocycles. The number of amides is 1. The number of nitrogens with zero attached hydrogens (tertiary/aromatic N) is 2. The van der Waals surface area contributed by atoms with Gasteiger partial charge in [-0.3, -0.25) is 14.0 Å². The van der Waals surface area contributed by atoms with E-state index in [2.05, 4.69) is 16.3 Å². The van der Waals surface area contributed by atoms with Gasteiger partial charge in [0.2, 0.25) is 15.9 Å². The van der Waals surface area contributed by atoms with E-state index in [1.54, 1.807) is 32.0 Å².